The second-order valence-corrected chi connectivity index (χ2v) is 13.0. The number of carboxylic acid groups (broad SMARTS) is 1. The molecule has 0 spiro atoms. The Morgan fingerprint density at radius 3 is 1.93 bits per heavy atom. The van der Waals surface area contributed by atoms with E-state index in [4.69, 9.17) is 9.11 Å². The lowest BCUT2D eigenvalue weighted by molar-refractivity contribution is 0.0698. The van der Waals surface area contributed by atoms with Crippen molar-refractivity contribution in [3.8, 4) is 16.9 Å². The molecule has 0 aromatic heterocycles. The molecule has 0 atom stereocenters. The first-order chi connectivity index (χ1) is 20.4. The lowest BCUT2D eigenvalue weighted by Crippen LogP contribution is -2.40. The Kier molecular flexibility index (Phi) is 13.4. The van der Waals surface area contributed by atoms with Gasteiger partial charge < -0.3 is 20.8 Å². The Morgan fingerprint density at radius 2 is 1.41 bits per heavy atom. The Labute approximate surface area is 257 Å². The monoisotopic (exact) mass is 651 g/mol. The highest BCUT2D eigenvalue weighted by molar-refractivity contribution is 7.85. The van der Waals surface area contributed by atoms with Crippen LogP contribution in [0.3, 0.4) is 0 Å². The molecule has 1 fully saturated rings. The van der Waals surface area contributed by atoms with Gasteiger partial charge >= 0.3 is 5.97 Å². The van der Waals surface area contributed by atoms with E-state index in [0.29, 0.717) is 25.1 Å². The zero-order valence-electron chi connectivity index (χ0n) is 24.5. The first-order valence-corrected chi connectivity index (χ1v) is 16.9. The minimum absolute atomic E-state index is 0.0175. The van der Waals surface area contributed by atoms with E-state index < -0.39 is 32.1 Å². The van der Waals surface area contributed by atoms with Gasteiger partial charge in [0.05, 0.1) is 29.3 Å². The third-order valence-corrected chi connectivity index (χ3v) is 6.31. The molecule has 3 aromatic rings. The van der Waals surface area contributed by atoms with E-state index in [1.165, 1.54) is 12.1 Å². The number of hydrogen-bond acceptors (Lipinski definition) is 9. The summed E-state index contributed by atoms with van der Waals surface area (Å²) in [6, 6.07) is 19.9. The van der Waals surface area contributed by atoms with Gasteiger partial charge in [0.25, 0.3) is 26.1 Å². The van der Waals surface area contributed by atoms with Crippen LogP contribution in [0.25, 0.3) is 11.1 Å². The SMILES string of the molecule is CNC1CCN(Cc2ccc(O)c(C(=O)Nc3cc(-c4ccccc4)ccc3C(=O)O)c2)CC1.CS(=O)(=O)O.CS(=O)(=O)O. The smallest absolute Gasteiger partial charge is 0.337 e. The Balaban J connectivity index is 0.000000586. The van der Waals surface area contributed by atoms with Crippen LogP contribution < -0.4 is 10.6 Å². The summed E-state index contributed by atoms with van der Waals surface area (Å²) in [7, 11) is -5.35. The number of carboxylic acids is 1. The van der Waals surface area contributed by atoms with Crippen molar-refractivity contribution in [1.29, 1.82) is 0 Å². The highest BCUT2D eigenvalue weighted by atomic mass is 32.2. The fourth-order valence-corrected chi connectivity index (χ4v) is 4.34. The van der Waals surface area contributed by atoms with Crippen molar-refractivity contribution in [3.05, 3.63) is 83.4 Å². The molecule has 15 heteroatoms. The van der Waals surface area contributed by atoms with Crippen molar-refractivity contribution in [3.63, 3.8) is 0 Å². The van der Waals surface area contributed by atoms with Crippen molar-refractivity contribution in [1.82, 2.24) is 10.2 Å². The minimum atomic E-state index is -3.67. The number of phenols is 1. The predicted octanol–water partition coefficient (Wildman–Crippen LogP) is 3.20. The van der Waals surface area contributed by atoms with Gasteiger partial charge in [-0.2, -0.15) is 16.8 Å². The summed E-state index contributed by atoms with van der Waals surface area (Å²) < 4.78 is 51.7. The van der Waals surface area contributed by atoms with Crippen LogP contribution in [0, 0.1) is 0 Å². The van der Waals surface area contributed by atoms with Crippen LogP contribution in [-0.4, -0.2) is 91.6 Å². The van der Waals surface area contributed by atoms with Crippen LogP contribution in [0.5, 0.6) is 5.75 Å². The summed E-state index contributed by atoms with van der Waals surface area (Å²) in [5, 5.41) is 26.0. The van der Waals surface area contributed by atoms with Crippen LogP contribution in [0.2, 0.25) is 0 Å². The topological polar surface area (TPSA) is 211 Å². The number of aromatic hydroxyl groups is 1. The molecule has 0 saturated carbocycles. The molecule has 13 nitrogen and oxygen atoms in total. The average Bonchev–Trinajstić information content (AvgIpc) is 2.93. The van der Waals surface area contributed by atoms with Crippen molar-refractivity contribution in [2.24, 2.45) is 0 Å². The van der Waals surface area contributed by atoms with Crippen LogP contribution in [0.4, 0.5) is 5.69 Å². The molecule has 6 N–H and O–H groups in total. The summed E-state index contributed by atoms with van der Waals surface area (Å²) in [5.74, 6) is -1.84. The normalized spacial score (nSPS) is 13.9. The van der Waals surface area contributed by atoms with Crippen molar-refractivity contribution in [2.75, 3.05) is 38.0 Å². The van der Waals surface area contributed by atoms with Gasteiger partial charge in [0.1, 0.15) is 5.75 Å². The molecular weight excluding hydrogens is 614 g/mol. The summed E-state index contributed by atoms with van der Waals surface area (Å²) >= 11 is 0. The Hall–Kier alpha value is -3.86. The number of hydrogen-bond donors (Lipinski definition) is 6. The molecule has 0 bridgehead atoms. The van der Waals surface area contributed by atoms with Gasteiger partial charge in [-0.3, -0.25) is 18.8 Å². The maximum atomic E-state index is 13.1. The number of rotatable bonds is 7. The Morgan fingerprint density at radius 1 is 0.841 bits per heavy atom. The summed E-state index contributed by atoms with van der Waals surface area (Å²) in [4.78, 5) is 27.2. The summed E-state index contributed by atoms with van der Waals surface area (Å²) in [6.45, 7) is 2.60. The van der Waals surface area contributed by atoms with Crippen molar-refractivity contribution in [2.45, 2.75) is 25.4 Å². The zero-order chi connectivity index (χ0) is 33.1. The molecular formula is C29H37N3O10S2. The molecule has 1 saturated heterocycles. The van der Waals surface area contributed by atoms with E-state index in [1.54, 1.807) is 18.2 Å². The van der Waals surface area contributed by atoms with E-state index in [1.807, 2.05) is 43.4 Å². The number of phenolic OH excluding ortho intramolecular Hbond substituents is 1. The summed E-state index contributed by atoms with van der Waals surface area (Å²) in [5.41, 5.74) is 2.88. The van der Waals surface area contributed by atoms with Crippen LogP contribution >= 0.6 is 0 Å². The number of carbonyl (C=O) groups is 2. The molecule has 0 aliphatic carbocycles. The van der Waals surface area contributed by atoms with E-state index >= 15 is 0 Å². The molecule has 3 aromatic carbocycles. The van der Waals surface area contributed by atoms with Gasteiger partial charge in [-0.05, 0) is 73.9 Å². The van der Waals surface area contributed by atoms with E-state index in [9.17, 15) is 36.6 Å². The molecule has 4 rings (SSSR count). The molecule has 44 heavy (non-hydrogen) atoms. The predicted molar refractivity (Wildman–Crippen MR) is 167 cm³/mol. The largest absolute Gasteiger partial charge is 0.507 e. The fraction of sp³-hybridized carbons (Fsp3) is 0.310. The van der Waals surface area contributed by atoms with E-state index in [2.05, 4.69) is 15.5 Å². The molecule has 1 amide bonds. The molecule has 0 unspecified atom stereocenters. The van der Waals surface area contributed by atoms with Crippen molar-refractivity contribution >= 4 is 37.8 Å². The zero-order valence-corrected chi connectivity index (χ0v) is 26.1. The van der Waals surface area contributed by atoms with Crippen LogP contribution in [0.1, 0.15) is 39.1 Å². The third kappa shape index (κ3) is 13.6. The lowest BCUT2D eigenvalue weighted by atomic mass is 10.0. The first-order valence-electron chi connectivity index (χ1n) is 13.2. The third-order valence-electron chi connectivity index (χ3n) is 6.31. The van der Waals surface area contributed by atoms with Gasteiger partial charge in [-0.15, -0.1) is 0 Å². The lowest BCUT2D eigenvalue weighted by Gasteiger charge is -2.31. The average molecular weight is 652 g/mol. The number of nitrogens with one attached hydrogen (secondary N) is 2. The maximum absolute atomic E-state index is 13.1. The van der Waals surface area contributed by atoms with Gasteiger partial charge in [-0.25, -0.2) is 4.79 Å². The van der Waals surface area contributed by atoms with Crippen LogP contribution in [0.15, 0.2) is 66.7 Å². The second-order valence-electron chi connectivity index (χ2n) is 10.0. The highest BCUT2D eigenvalue weighted by Gasteiger charge is 2.20. The van der Waals surface area contributed by atoms with E-state index in [0.717, 1.165) is 42.6 Å². The fourth-order valence-electron chi connectivity index (χ4n) is 4.34. The van der Waals surface area contributed by atoms with Gasteiger partial charge in [-0.1, -0.05) is 42.5 Å². The second kappa shape index (κ2) is 16.3. The quantitative estimate of drug-likeness (QED) is 0.203. The maximum Gasteiger partial charge on any atom is 0.337 e. The van der Waals surface area contributed by atoms with Gasteiger partial charge in [0, 0.05) is 12.6 Å². The number of aromatic carboxylic acids is 1. The number of anilines is 1. The molecule has 1 aliphatic rings. The molecule has 240 valence electrons. The minimum Gasteiger partial charge on any atom is -0.507 e. The number of carbonyl (C=O) groups excluding carboxylic acids is 1. The number of nitrogens with zero attached hydrogens (tertiary/aromatic N) is 1. The number of piperidine rings is 1. The number of likely N-dealkylation sites (tertiary alicyclic amines) is 1. The standard InChI is InChI=1S/C27H29N3O4.2CH4O3S/c1-28-21-11-13-30(14-12-21)17-18-7-10-25(31)23(15-18)26(32)29-24-16-20(8-9-22(24)27(33)34)19-5-3-2-4-6-19;2*1-5(2,3)4/h2-10,15-16,21,28,31H,11-14,17H2,1H3,(H,29,32)(H,33,34);2*1H3,(H,2,3,4). The number of benzene rings is 3. The van der Waals surface area contributed by atoms with Gasteiger partial charge in [0.15, 0.2) is 0 Å². The number of amides is 1. The summed E-state index contributed by atoms with van der Waals surface area (Å²) in [6.07, 6.45) is 3.56. The van der Waals surface area contributed by atoms with E-state index in [-0.39, 0.29) is 22.6 Å². The first kappa shape index (κ1) is 36.3. The van der Waals surface area contributed by atoms with Crippen molar-refractivity contribution < 1.29 is 45.7 Å². The highest BCUT2D eigenvalue weighted by Crippen LogP contribution is 2.28. The Bertz CT molecular complexity index is 1590. The van der Waals surface area contributed by atoms with Crippen LogP contribution in [-0.2, 0) is 26.8 Å². The van der Waals surface area contributed by atoms with Gasteiger partial charge in [0.2, 0.25) is 0 Å². The molecule has 1 aliphatic heterocycles. The molecule has 0 radical (unpaired) electrons. The molecule has 1 heterocycles.